The van der Waals surface area contributed by atoms with Crippen molar-refractivity contribution >= 4 is 5.91 Å². The zero-order valence-corrected chi connectivity index (χ0v) is 9.93. The number of aromatic nitrogens is 1. The molecule has 3 rings (SSSR count). The Morgan fingerprint density at radius 3 is 2.76 bits per heavy atom. The van der Waals surface area contributed by atoms with E-state index >= 15 is 0 Å². The number of piperidine rings is 1. The molecule has 0 aliphatic carbocycles. The summed E-state index contributed by atoms with van der Waals surface area (Å²) in [6.07, 6.45) is 6.03. The second kappa shape index (κ2) is 4.14. The molecule has 0 saturated carbocycles. The third kappa shape index (κ3) is 1.95. The fourth-order valence-electron chi connectivity index (χ4n) is 3.01. The number of hydrogen-bond acceptors (Lipinski definition) is 4. The summed E-state index contributed by atoms with van der Waals surface area (Å²) in [5.74, 6) is -0.0370. The molecule has 0 radical (unpaired) electrons. The highest BCUT2D eigenvalue weighted by molar-refractivity contribution is 5.92. The number of carbonyl (C=O) groups is 1. The molecule has 1 aromatic heterocycles. The summed E-state index contributed by atoms with van der Waals surface area (Å²) in [5, 5.41) is 7.28. The summed E-state index contributed by atoms with van der Waals surface area (Å²) in [5.41, 5.74) is 0.401. The quantitative estimate of drug-likeness (QED) is 0.831. The van der Waals surface area contributed by atoms with Gasteiger partial charge in [-0.3, -0.25) is 4.79 Å². The lowest BCUT2D eigenvalue weighted by Crippen LogP contribution is -2.48. The van der Waals surface area contributed by atoms with Crippen molar-refractivity contribution in [1.82, 2.24) is 15.4 Å². The van der Waals surface area contributed by atoms with Gasteiger partial charge in [-0.1, -0.05) is 5.16 Å². The zero-order valence-electron chi connectivity index (χ0n) is 9.93. The van der Waals surface area contributed by atoms with Crippen LogP contribution in [0.25, 0.3) is 0 Å². The molecule has 5 nitrogen and oxygen atoms in total. The highest BCUT2D eigenvalue weighted by Gasteiger charge is 2.36. The molecule has 2 saturated heterocycles. The van der Waals surface area contributed by atoms with Gasteiger partial charge in [0, 0.05) is 31.2 Å². The highest BCUT2D eigenvalue weighted by Crippen LogP contribution is 2.29. The van der Waals surface area contributed by atoms with Crippen LogP contribution >= 0.6 is 0 Å². The summed E-state index contributed by atoms with van der Waals surface area (Å²) in [7, 11) is 1.87. The number of nitrogens with zero attached hydrogens (tertiary/aromatic N) is 2. The average molecular weight is 235 g/mol. The summed E-state index contributed by atoms with van der Waals surface area (Å²) < 4.78 is 4.72. The highest BCUT2D eigenvalue weighted by atomic mass is 16.5. The van der Waals surface area contributed by atoms with Crippen LogP contribution < -0.4 is 5.32 Å². The zero-order chi connectivity index (χ0) is 11.8. The maximum atomic E-state index is 12.1. The molecule has 1 aromatic rings. The lowest BCUT2D eigenvalue weighted by molar-refractivity contribution is 0.0671. The monoisotopic (exact) mass is 235 g/mol. The minimum absolute atomic E-state index is 0.0370. The standard InChI is InChI=1S/C12H17N3O2/c1-15(12(16)11-4-5-17-14-11)10-6-8-2-3-9(7-10)13-8/h4-5,8-10,13H,2-3,6-7H2,1H3. The van der Waals surface area contributed by atoms with Crippen molar-refractivity contribution in [1.29, 1.82) is 0 Å². The second-order valence-electron chi connectivity index (χ2n) is 5.06. The third-order valence-electron chi connectivity index (χ3n) is 3.97. The Kier molecular flexibility index (Phi) is 2.63. The van der Waals surface area contributed by atoms with Crippen molar-refractivity contribution in [3.05, 3.63) is 18.0 Å². The fourth-order valence-corrected chi connectivity index (χ4v) is 3.01. The molecule has 2 bridgehead atoms. The Hall–Kier alpha value is -1.36. The van der Waals surface area contributed by atoms with Gasteiger partial charge in [0.25, 0.3) is 5.91 Å². The van der Waals surface area contributed by atoms with Crippen LogP contribution in [0.3, 0.4) is 0 Å². The molecule has 0 spiro atoms. The molecule has 2 aliphatic heterocycles. The number of rotatable bonds is 2. The van der Waals surface area contributed by atoms with Gasteiger partial charge < -0.3 is 14.7 Å². The van der Waals surface area contributed by atoms with Crippen molar-refractivity contribution in [2.75, 3.05) is 7.05 Å². The van der Waals surface area contributed by atoms with E-state index in [0.29, 0.717) is 23.8 Å². The van der Waals surface area contributed by atoms with E-state index in [1.54, 1.807) is 6.07 Å². The Bertz CT molecular complexity index is 392. The molecule has 0 aromatic carbocycles. The summed E-state index contributed by atoms with van der Waals surface area (Å²) in [6, 6.07) is 3.13. The van der Waals surface area contributed by atoms with Crippen molar-refractivity contribution < 1.29 is 9.32 Å². The Balaban J connectivity index is 1.70. The van der Waals surface area contributed by atoms with Crippen LogP contribution in [0.1, 0.15) is 36.2 Å². The molecule has 92 valence electrons. The number of carbonyl (C=O) groups excluding carboxylic acids is 1. The van der Waals surface area contributed by atoms with Crippen molar-refractivity contribution in [2.24, 2.45) is 0 Å². The third-order valence-corrected chi connectivity index (χ3v) is 3.97. The first-order chi connectivity index (χ1) is 8.24. The molecular formula is C12H17N3O2. The number of amides is 1. The summed E-state index contributed by atoms with van der Waals surface area (Å²) in [6.45, 7) is 0. The van der Waals surface area contributed by atoms with Gasteiger partial charge in [-0.25, -0.2) is 0 Å². The van der Waals surface area contributed by atoms with Crippen LogP contribution in [0.4, 0.5) is 0 Å². The normalized spacial score (nSPS) is 31.5. The first-order valence-electron chi connectivity index (χ1n) is 6.17. The SMILES string of the molecule is CN(C(=O)c1ccon1)C1CC2CCC(C1)N2. The first kappa shape index (κ1) is 10.8. The van der Waals surface area contributed by atoms with Gasteiger partial charge >= 0.3 is 0 Å². The molecule has 17 heavy (non-hydrogen) atoms. The Morgan fingerprint density at radius 1 is 1.47 bits per heavy atom. The summed E-state index contributed by atoms with van der Waals surface area (Å²) >= 11 is 0. The number of hydrogen-bond donors (Lipinski definition) is 1. The molecule has 2 atom stereocenters. The van der Waals surface area contributed by atoms with Crippen LogP contribution in [-0.4, -0.2) is 41.1 Å². The van der Waals surface area contributed by atoms with Crippen LogP contribution in [0.2, 0.25) is 0 Å². The maximum Gasteiger partial charge on any atom is 0.276 e. The lowest BCUT2D eigenvalue weighted by atomic mass is 9.98. The average Bonchev–Trinajstić information content (AvgIpc) is 2.97. The largest absolute Gasteiger partial charge is 0.364 e. The van der Waals surface area contributed by atoms with E-state index in [4.69, 9.17) is 4.52 Å². The molecule has 2 unspecified atom stereocenters. The lowest BCUT2D eigenvalue weighted by Gasteiger charge is -2.35. The van der Waals surface area contributed by atoms with Gasteiger partial charge in [0.05, 0.1) is 0 Å². The summed E-state index contributed by atoms with van der Waals surface area (Å²) in [4.78, 5) is 13.9. The van der Waals surface area contributed by atoms with Gasteiger partial charge in [0.15, 0.2) is 5.69 Å². The first-order valence-corrected chi connectivity index (χ1v) is 6.17. The smallest absolute Gasteiger partial charge is 0.276 e. The van der Waals surface area contributed by atoms with Crippen LogP contribution in [0, 0.1) is 0 Å². The van der Waals surface area contributed by atoms with Crippen molar-refractivity contribution in [3.63, 3.8) is 0 Å². The molecule has 2 fully saturated rings. The number of nitrogens with one attached hydrogen (secondary N) is 1. The molecule has 1 N–H and O–H groups in total. The van der Waals surface area contributed by atoms with E-state index < -0.39 is 0 Å². The molecule has 3 heterocycles. The van der Waals surface area contributed by atoms with E-state index in [1.807, 2.05) is 11.9 Å². The molecule has 1 amide bonds. The van der Waals surface area contributed by atoms with Crippen LogP contribution in [-0.2, 0) is 0 Å². The van der Waals surface area contributed by atoms with E-state index in [9.17, 15) is 4.79 Å². The van der Waals surface area contributed by atoms with E-state index in [0.717, 1.165) is 12.8 Å². The van der Waals surface area contributed by atoms with Gasteiger partial charge in [0.1, 0.15) is 6.26 Å². The topological polar surface area (TPSA) is 58.4 Å². The molecular weight excluding hydrogens is 218 g/mol. The minimum Gasteiger partial charge on any atom is -0.364 e. The molecule has 5 heteroatoms. The predicted molar refractivity (Wildman–Crippen MR) is 61.6 cm³/mol. The van der Waals surface area contributed by atoms with Gasteiger partial charge in [-0.2, -0.15) is 0 Å². The van der Waals surface area contributed by atoms with Crippen LogP contribution in [0.5, 0.6) is 0 Å². The predicted octanol–water partition coefficient (Wildman–Crippen LogP) is 1.03. The Morgan fingerprint density at radius 2 is 2.18 bits per heavy atom. The van der Waals surface area contributed by atoms with E-state index in [2.05, 4.69) is 10.5 Å². The second-order valence-corrected chi connectivity index (χ2v) is 5.06. The maximum absolute atomic E-state index is 12.1. The van der Waals surface area contributed by atoms with E-state index in [1.165, 1.54) is 19.1 Å². The van der Waals surface area contributed by atoms with Crippen LogP contribution in [0.15, 0.2) is 16.9 Å². The minimum atomic E-state index is -0.0370. The fraction of sp³-hybridized carbons (Fsp3) is 0.667. The van der Waals surface area contributed by atoms with E-state index in [-0.39, 0.29) is 5.91 Å². The Labute approximate surface area is 100 Å². The van der Waals surface area contributed by atoms with Gasteiger partial charge in [0.2, 0.25) is 0 Å². The van der Waals surface area contributed by atoms with Gasteiger partial charge in [-0.15, -0.1) is 0 Å². The van der Waals surface area contributed by atoms with Gasteiger partial charge in [-0.05, 0) is 25.7 Å². The molecule has 2 aliphatic rings. The van der Waals surface area contributed by atoms with Crippen molar-refractivity contribution in [2.45, 2.75) is 43.8 Å². The number of fused-ring (bicyclic) bond motifs is 2. The van der Waals surface area contributed by atoms with Crippen molar-refractivity contribution in [3.8, 4) is 0 Å².